The van der Waals surface area contributed by atoms with E-state index in [1.165, 1.54) is 0 Å². The third-order valence-corrected chi connectivity index (χ3v) is 5.28. The van der Waals surface area contributed by atoms with Gasteiger partial charge in [-0.25, -0.2) is 13.1 Å². The highest BCUT2D eigenvalue weighted by molar-refractivity contribution is 7.88. The van der Waals surface area contributed by atoms with Crippen LogP contribution in [0.2, 0.25) is 0 Å². The third-order valence-electron chi connectivity index (χ3n) is 3.74. The first kappa shape index (κ1) is 17.0. The second kappa shape index (κ2) is 7.24. The molecule has 1 saturated carbocycles. The van der Waals surface area contributed by atoms with E-state index in [0.29, 0.717) is 6.54 Å². The van der Waals surface area contributed by atoms with Gasteiger partial charge < -0.3 is 5.32 Å². The normalized spacial score (nSPS) is 15.6. The molecule has 22 heavy (non-hydrogen) atoms. The number of benzene rings is 1. The lowest BCUT2D eigenvalue weighted by Crippen LogP contribution is -2.33. The molecule has 0 saturated heterocycles. The van der Waals surface area contributed by atoms with E-state index in [1.807, 2.05) is 12.1 Å². The predicted octanol–water partition coefficient (Wildman–Crippen LogP) is 1.93. The van der Waals surface area contributed by atoms with E-state index in [2.05, 4.69) is 10.0 Å². The number of rotatable bonds is 7. The highest BCUT2D eigenvalue weighted by Crippen LogP contribution is 2.26. The van der Waals surface area contributed by atoms with Crippen LogP contribution in [0.15, 0.2) is 24.3 Å². The molecule has 1 fully saturated rings. The first-order chi connectivity index (χ1) is 10.4. The average Bonchev–Trinajstić information content (AvgIpc) is 2.33. The van der Waals surface area contributed by atoms with Gasteiger partial charge in [0.1, 0.15) is 0 Å². The standard InChI is InChI=1S/C16H24N2O3S/c1-12(2)18-22(20,21)11-14-8-6-13(7-9-14)10-17-16(19)15-4-3-5-15/h6-9,12,15,18H,3-5,10-11H2,1-2H3,(H,17,19). The average molecular weight is 324 g/mol. The van der Waals surface area contributed by atoms with E-state index in [0.717, 1.165) is 30.4 Å². The lowest BCUT2D eigenvalue weighted by Gasteiger charge is -2.24. The molecular weight excluding hydrogens is 300 g/mol. The summed E-state index contributed by atoms with van der Waals surface area (Å²) in [6.45, 7) is 4.09. The van der Waals surface area contributed by atoms with E-state index < -0.39 is 10.0 Å². The van der Waals surface area contributed by atoms with Gasteiger partial charge in [0, 0.05) is 18.5 Å². The van der Waals surface area contributed by atoms with Crippen LogP contribution in [0, 0.1) is 5.92 Å². The molecule has 0 unspecified atom stereocenters. The maximum atomic E-state index is 11.9. The Morgan fingerprint density at radius 1 is 1.18 bits per heavy atom. The summed E-state index contributed by atoms with van der Waals surface area (Å²) < 4.78 is 26.3. The lowest BCUT2D eigenvalue weighted by molar-refractivity contribution is -0.127. The fourth-order valence-corrected chi connectivity index (χ4v) is 3.81. The van der Waals surface area contributed by atoms with Gasteiger partial charge in [0.05, 0.1) is 5.75 Å². The Labute approximate surface area is 132 Å². The molecule has 1 aliphatic carbocycles. The summed E-state index contributed by atoms with van der Waals surface area (Å²) in [6, 6.07) is 7.21. The second-order valence-electron chi connectivity index (χ2n) is 6.19. The van der Waals surface area contributed by atoms with Crippen LogP contribution < -0.4 is 10.0 Å². The molecule has 1 aromatic rings. The van der Waals surface area contributed by atoms with Crippen LogP contribution in [0.25, 0.3) is 0 Å². The smallest absolute Gasteiger partial charge is 0.223 e. The molecule has 122 valence electrons. The van der Waals surface area contributed by atoms with Gasteiger partial charge in [-0.3, -0.25) is 4.79 Å². The maximum absolute atomic E-state index is 11.9. The van der Waals surface area contributed by atoms with Crippen molar-refractivity contribution in [2.24, 2.45) is 5.92 Å². The molecule has 0 spiro atoms. The summed E-state index contributed by atoms with van der Waals surface area (Å²) >= 11 is 0. The number of amides is 1. The van der Waals surface area contributed by atoms with Crippen molar-refractivity contribution in [3.05, 3.63) is 35.4 Å². The fourth-order valence-electron chi connectivity index (χ4n) is 2.38. The van der Waals surface area contributed by atoms with Gasteiger partial charge in [-0.15, -0.1) is 0 Å². The molecule has 0 bridgehead atoms. The van der Waals surface area contributed by atoms with Crippen molar-refractivity contribution in [3.63, 3.8) is 0 Å². The second-order valence-corrected chi connectivity index (χ2v) is 7.95. The largest absolute Gasteiger partial charge is 0.352 e. The van der Waals surface area contributed by atoms with Gasteiger partial charge in [-0.1, -0.05) is 30.7 Å². The van der Waals surface area contributed by atoms with Crippen LogP contribution in [0.1, 0.15) is 44.2 Å². The van der Waals surface area contributed by atoms with Gasteiger partial charge in [-0.2, -0.15) is 0 Å². The first-order valence-electron chi connectivity index (χ1n) is 7.71. The SMILES string of the molecule is CC(C)NS(=O)(=O)Cc1ccc(CNC(=O)C2CCC2)cc1. The van der Waals surface area contributed by atoms with Crippen LogP contribution in [0.4, 0.5) is 0 Å². The summed E-state index contributed by atoms with van der Waals surface area (Å²) in [5.74, 6) is 0.283. The number of hydrogen-bond donors (Lipinski definition) is 2. The van der Waals surface area contributed by atoms with Crippen molar-refractivity contribution in [1.29, 1.82) is 0 Å². The molecular formula is C16H24N2O3S. The Morgan fingerprint density at radius 3 is 2.27 bits per heavy atom. The minimum atomic E-state index is -3.30. The number of sulfonamides is 1. The quantitative estimate of drug-likeness (QED) is 0.805. The Hall–Kier alpha value is -1.40. The summed E-state index contributed by atoms with van der Waals surface area (Å²) in [5.41, 5.74) is 1.72. The van der Waals surface area contributed by atoms with Crippen LogP contribution in [-0.4, -0.2) is 20.4 Å². The summed E-state index contributed by atoms with van der Waals surface area (Å²) in [6.07, 6.45) is 3.13. The van der Waals surface area contributed by atoms with Gasteiger partial charge in [0.15, 0.2) is 0 Å². The van der Waals surface area contributed by atoms with E-state index in [4.69, 9.17) is 0 Å². The van der Waals surface area contributed by atoms with Crippen LogP contribution in [0.3, 0.4) is 0 Å². The number of carbonyl (C=O) groups excluding carboxylic acids is 1. The van der Waals surface area contributed by atoms with E-state index >= 15 is 0 Å². The Morgan fingerprint density at radius 2 is 1.77 bits per heavy atom. The van der Waals surface area contributed by atoms with Crippen molar-refractivity contribution in [1.82, 2.24) is 10.0 Å². The summed E-state index contributed by atoms with van der Waals surface area (Å²) in [7, 11) is -3.30. The molecule has 0 aromatic heterocycles. The molecule has 0 aliphatic heterocycles. The van der Waals surface area contributed by atoms with Gasteiger partial charge in [0.2, 0.25) is 15.9 Å². The Kier molecular flexibility index (Phi) is 5.58. The molecule has 0 heterocycles. The third kappa shape index (κ3) is 5.10. The van der Waals surface area contributed by atoms with E-state index in [1.54, 1.807) is 26.0 Å². The molecule has 0 radical (unpaired) electrons. The van der Waals surface area contributed by atoms with E-state index in [-0.39, 0.29) is 23.6 Å². The van der Waals surface area contributed by atoms with E-state index in [9.17, 15) is 13.2 Å². The predicted molar refractivity (Wildman–Crippen MR) is 86.5 cm³/mol. The zero-order valence-electron chi connectivity index (χ0n) is 13.1. The van der Waals surface area contributed by atoms with Gasteiger partial charge >= 0.3 is 0 Å². The number of carbonyl (C=O) groups is 1. The van der Waals surface area contributed by atoms with Crippen LogP contribution >= 0.6 is 0 Å². The zero-order valence-corrected chi connectivity index (χ0v) is 13.9. The summed E-state index contributed by atoms with van der Waals surface area (Å²) in [5, 5.41) is 2.93. The fraction of sp³-hybridized carbons (Fsp3) is 0.562. The molecule has 2 rings (SSSR count). The molecule has 5 nitrogen and oxygen atoms in total. The van der Waals surface area contributed by atoms with Gasteiger partial charge in [0.25, 0.3) is 0 Å². The number of nitrogens with one attached hydrogen (secondary N) is 2. The monoisotopic (exact) mass is 324 g/mol. The van der Waals surface area contributed by atoms with Crippen molar-refractivity contribution >= 4 is 15.9 Å². The topological polar surface area (TPSA) is 75.3 Å². The molecule has 1 amide bonds. The molecule has 6 heteroatoms. The van der Waals surface area contributed by atoms with Crippen LogP contribution in [0.5, 0.6) is 0 Å². The molecule has 0 atom stereocenters. The Bertz CT molecular complexity index is 605. The summed E-state index contributed by atoms with van der Waals surface area (Å²) in [4.78, 5) is 11.8. The minimum Gasteiger partial charge on any atom is -0.352 e. The Balaban J connectivity index is 1.86. The highest BCUT2D eigenvalue weighted by Gasteiger charge is 2.24. The minimum absolute atomic E-state index is 0.0279. The molecule has 1 aromatic carbocycles. The zero-order chi connectivity index (χ0) is 16.2. The van der Waals surface area contributed by atoms with Crippen molar-refractivity contribution in [3.8, 4) is 0 Å². The van der Waals surface area contributed by atoms with Crippen molar-refractivity contribution in [2.45, 2.75) is 51.4 Å². The molecule has 2 N–H and O–H groups in total. The maximum Gasteiger partial charge on any atom is 0.223 e. The van der Waals surface area contributed by atoms with Gasteiger partial charge in [-0.05, 0) is 37.8 Å². The lowest BCUT2D eigenvalue weighted by atomic mass is 9.85. The van der Waals surface area contributed by atoms with Crippen molar-refractivity contribution < 1.29 is 13.2 Å². The van der Waals surface area contributed by atoms with Crippen molar-refractivity contribution in [2.75, 3.05) is 0 Å². The highest BCUT2D eigenvalue weighted by atomic mass is 32.2. The molecule has 1 aliphatic rings. The number of hydrogen-bond acceptors (Lipinski definition) is 3. The first-order valence-corrected chi connectivity index (χ1v) is 9.36. The van der Waals surface area contributed by atoms with Crippen LogP contribution in [-0.2, 0) is 27.1 Å².